The zero-order valence-corrected chi connectivity index (χ0v) is 7.89. The van der Waals surface area contributed by atoms with Gasteiger partial charge in [-0.3, -0.25) is 9.59 Å². The van der Waals surface area contributed by atoms with Gasteiger partial charge >= 0.3 is 12.1 Å². The third-order valence-electron chi connectivity index (χ3n) is 2.55. The Morgan fingerprint density at radius 1 is 1.53 bits per heavy atom. The molecule has 0 aromatic heterocycles. The van der Waals surface area contributed by atoms with Gasteiger partial charge in [0.05, 0.1) is 11.3 Å². The summed E-state index contributed by atoms with van der Waals surface area (Å²) in [6, 6.07) is 0. The van der Waals surface area contributed by atoms with Gasteiger partial charge in [0.25, 0.3) is 0 Å². The van der Waals surface area contributed by atoms with E-state index in [1.54, 1.807) is 0 Å². The van der Waals surface area contributed by atoms with Crippen LogP contribution in [0.2, 0.25) is 0 Å². The van der Waals surface area contributed by atoms with Crippen molar-refractivity contribution in [2.45, 2.75) is 19.5 Å². The summed E-state index contributed by atoms with van der Waals surface area (Å²) >= 11 is 0. The number of carbonyl (C=O) groups is 2. The van der Waals surface area contributed by atoms with Gasteiger partial charge in [-0.25, -0.2) is 0 Å². The number of amides is 1. The van der Waals surface area contributed by atoms with Crippen molar-refractivity contribution >= 4 is 11.9 Å². The van der Waals surface area contributed by atoms with Crippen LogP contribution >= 0.6 is 0 Å². The zero-order valence-electron chi connectivity index (χ0n) is 7.89. The van der Waals surface area contributed by atoms with Gasteiger partial charge in [-0.2, -0.15) is 13.2 Å². The van der Waals surface area contributed by atoms with E-state index in [2.05, 4.69) is 5.32 Å². The van der Waals surface area contributed by atoms with Gasteiger partial charge in [-0.1, -0.05) is 0 Å². The van der Waals surface area contributed by atoms with E-state index in [1.807, 2.05) is 0 Å². The Bertz CT molecular complexity index is 302. The maximum absolute atomic E-state index is 12.2. The Labute approximate surface area is 83.5 Å². The molecule has 0 saturated heterocycles. The number of hydrogen-bond donors (Lipinski definition) is 2. The molecule has 0 heterocycles. The van der Waals surface area contributed by atoms with Crippen molar-refractivity contribution in [1.29, 1.82) is 0 Å². The lowest BCUT2D eigenvalue weighted by Gasteiger charge is -2.14. The molecular formula is C8H10F3NO3. The Morgan fingerprint density at radius 3 is 2.33 bits per heavy atom. The van der Waals surface area contributed by atoms with Gasteiger partial charge in [-0.05, 0) is 6.42 Å². The van der Waals surface area contributed by atoms with E-state index in [1.165, 1.54) is 0 Å². The molecule has 2 atom stereocenters. The maximum atomic E-state index is 12.2. The van der Waals surface area contributed by atoms with E-state index in [-0.39, 0.29) is 0 Å². The number of nitrogens with one attached hydrogen (secondary N) is 1. The van der Waals surface area contributed by atoms with E-state index in [0.717, 1.165) is 6.92 Å². The molecule has 15 heavy (non-hydrogen) atoms. The standard InChI is InChI=1S/C8H10F3NO3/c1-4(13)12-3-7(6(14)15)2-5(7)8(9,10)11/h5H,2-3H2,1H3,(H,12,13)(H,14,15). The van der Waals surface area contributed by atoms with Crippen molar-refractivity contribution in [2.24, 2.45) is 11.3 Å². The molecule has 1 amide bonds. The number of rotatable bonds is 3. The molecule has 1 aliphatic carbocycles. The number of carbonyl (C=O) groups excluding carboxylic acids is 1. The van der Waals surface area contributed by atoms with Gasteiger partial charge in [0.15, 0.2) is 0 Å². The molecule has 0 spiro atoms. The molecule has 7 heteroatoms. The van der Waals surface area contributed by atoms with E-state index >= 15 is 0 Å². The molecule has 1 fully saturated rings. The fourth-order valence-electron chi connectivity index (χ4n) is 1.52. The lowest BCUT2D eigenvalue weighted by molar-refractivity contribution is -0.168. The second-order valence-corrected chi connectivity index (χ2v) is 3.67. The van der Waals surface area contributed by atoms with Crippen LogP contribution < -0.4 is 5.32 Å². The first-order valence-electron chi connectivity index (χ1n) is 4.25. The average Bonchev–Trinajstić information content (AvgIpc) is 2.75. The number of hydrogen-bond acceptors (Lipinski definition) is 2. The summed E-state index contributed by atoms with van der Waals surface area (Å²) in [4.78, 5) is 21.2. The van der Waals surface area contributed by atoms with Crippen LogP contribution in [-0.4, -0.2) is 29.7 Å². The molecular weight excluding hydrogens is 215 g/mol. The SMILES string of the molecule is CC(=O)NCC1(C(=O)O)CC1C(F)(F)F. The third kappa shape index (κ3) is 2.21. The van der Waals surface area contributed by atoms with E-state index in [0.29, 0.717) is 0 Å². The van der Waals surface area contributed by atoms with E-state index < -0.39 is 42.4 Å². The minimum atomic E-state index is -4.52. The van der Waals surface area contributed by atoms with Crippen LogP contribution in [0.3, 0.4) is 0 Å². The fourth-order valence-corrected chi connectivity index (χ4v) is 1.52. The van der Waals surface area contributed by atoms with Crippen LogP contribution in [0.1, 0.15) is 13.3 Å². The highest BCUT2D eigenvalue weighted by Crippen LogP contribution is 2.60. The van der Waals surface area contributed by atoms with Crippen LogP contribution in [0, 0.1) is 11.3 Å². The second kappa shape index (κ2) is 3.39. The van der Waals surface area contributed by atoms with Crippen LogP contribution in [0.25, 0.3) is 0 Å². The van der Waals surface area contributed by atoms with Crippen molar-refractivity contribution in [1.82, 2.24) is 5.32 Å². The molecule has 1 rings (SSSR count). The van der Waals surface area contributed by atoms with E-state index in [9.17, 15) is 22.8 Å². The summed E-state index contributed by atoms with van der Waals surface area (Å²) in [5, 5.41) is 10.8. The first-order valence-corrected chi connectivity index (χ1v) is 4.25. The lowest BCUT2D eigenvalue weighted by Crippen LogP contribution is -2.36. The van der Waals surface area contributed by atoms with Gasteiger partial charge in [0.2, 0.25) is 5.91 Å². The monoisotopic (exact) mass is 225 g/mol. The lowest BCUT2D eigenvalue weighted by atomic mass is 10.0. The predicted molar refractivity (Wildman–Crippen MR) is 42.9 cm³/mol. The summed E-state index contributed by atoms with van der Waals surface area (Å²) in [6.45, 7) is 0.655. The highest BCUT2D eigenvalue weighted by molar-refractivity contribution is 5.81. The van der Waals surface area contributed by atoms with E-state index in [4.69, 9.17) is 5.11 Å². The quantitative estimate of drug-likeness (QED) is 0.745. The molecule has 2 unspecified atom stereocenters. The summed E-state index contributed by atoms with van der Waals surface area (Å²) in [5.74, 6) is -3.91. The van der Waals surface area contributed by atoms with Gasteiger partial charge < -0.3 is 10.4 Å². The van der Waals surface area contributed by atoms with Crippen molar-refractivity contribution in [3.05, 3.63) is 0 Å². The van der Waals surface area contributed by atoms with Crippen LogP contribution in [0.15, 0.2) is 0 Å². The summed E-state index contributed by atoms with van der Waals surface area (Å²) in [7, 11) is 0. The normalized spacial score (nSPS) is 29.7. The molecule has 0 aromatic rings. The van der Waals surface area contributed by atoms with Crippen molar-refractivity contribution < 1.29 is 27.9 Å². The molecule has 1 saturated carbocycles. The van der Waals surface area contributed by atoms with Gasteiger partial charge in [-0.15, -0.1) is 0 Å². The first kappa shape index (κ1) is 11.8. The maximum Gasteiger partial charge on any atom is 0.393 e. The summed E-state index contributed by atoms with van der Waals surface area (Å²) in [5.41, 5.74) is -1.86. The van der Waals surface area contributed by atoms with Crippen LogP contribution in [0.5, 0.6) is 0 Å². The van der Waals surface area contributed by atoms with Crippen LogP contribution in [0.4, 0.5) is 13.2 Å². The van der Waals surface area contributed by atoms with Gasteiger partial charge in [0, 0.05) is 13.5 Å². The first-order chi connectivity index (χ1) is 6.70. The number of halogens is 3. The Hall–Kier alpha value is -1.27. The summed E-state index contributed by atoms with van der Waals surface area (Å²) < 4.78 is 36.7. The summed E-state index contributed by atoms with van der Waals surface area (Å²) in [6.07, 6.45) is -4.98. The minimum absolute atomic E-state index is 0.466. The Kier molecular flexibility index (Phi) is 2.67. The molecule has 1 aliphatic rings. The molecule has 0 aromatic carbocycles. The molecule has 0 bridgehead atoms. The molecule has 86 valence electrons. The second-order valence-electron chi connectivity index (χ2n) is 3.67. The number of aliphatic carboxylic acids is 1. The highest BCUT2D eigenvalue weighted by atomic mass is 19.4. The number of alkyl halides is 3. The Balaban J connectivity index is 2.70. The van der Waals surface area contributed by atoms with Crippen LogP contribution in [-0.2, 0) is 9.59 Å². The minimum Gasteiger partial charge on any atom is -0.481 e. The Morgan fingerprint density at radius 2 is 2.07 bits per heavy atom. The van der Waals surface area contributed by atoms with Crippen molar-refractivity contribution in [2.75, 3.05) is 6.54 Å². The predicted octanol–water partition coefficient (Wildman–Crippen LogP) is 0.776. The molecule has 4 nitrogen and oxygen atoms in total. The van der Waals surface area contributed by atoms with Crippen molar-refractivity contribution in [3.8, 4) is 0 Å². The smallest absolute Gasteiger partial charge is 0.393 e. The molecule has 0 aliphatic heterocycles. The molecule has 2 N–H and O–H groups in total. The third-order valence-corrected chi connectivity index (χ3v) is 2.55. The number of carboxylic acids is 1. The largest absolute Gasteiger partial charge is 0.481 e. The average molecular weight is 225 g/mol. The highest BCUT2D eigenvalue weighted by Gasteiger charge is 2.71. The topological polar surface area (TPSA) is 66.4 Å². The van der Waals surface area contributed by atoms with Gasteiger partial charge in [0.1, 0.15) is 0 Å². The number of carboxylic acid groups (broad SMARTS) is 1. The molecule has 0 radical (unpaired) electrons. The fraction of sp³-hybridized carbons (Fsp3) is 0.750. The van der Waals surface area contributed by atoms with Crippen molar-refractivity contribution in [3.63, 3.8) is 0 Å². The zero-order chi connectivity index (χ0) is 11.9.